The molecular formula is C21H22N2O4. The number of likely N-dealkylation sites (N-methyl/N-ethyl adjacent to an activating group) is 1. The molecule has 1 N–H and O–H groups in total. The van der Waals surface area contributed by atoms with Crippen molar-refractivity contribution in [2.75, 3.05) is 18.6 Å². The largest absolute Gasteiger partial charge is 0.482 e. The van der Waals surface area contributed by atoms with Crippen LogP contribution in [0.1, 0.15) is 34.3 Å². The predicted octanol–water partition coefficient (Wildman–Crippen LogP) is 2.63. The first kappa shape index (κ1) is 18.6. The van der Waals surface area contributed by atoms with Gasteiger partial charge in [-0.3, -0.25) is 14.4 Å². The first-order valence-corrected chi connectivity index (χ1v) is 8.83. The van der Waals surface area contributed by atoms with Gasteiger partial charge in [0.25, 0.3) is 5.91 Å². The van der Waals surface area contributed by atoms with Gasteiger partial charge in [0.05, 0.1) is 5.69 Å². The number of benzene rings is 2. The van der Waals surface area contributed by atoms with Gasteiger partial charge in [-0.15, -0.1) is 0 Å². The molecule has 6 heteroatoms. The van der Waals surface area contributed by atoms with Crippen molar-refractivity contribution in [2.24, 2.45) is 0 Å². The molecule has 0 aliphatic carbocycles. The summed E-state index contributed by atoms with van der Waals surface area (Å²) in [6, 6.07) is 12.9. The summed E-state index contributed by atoms with van der Waals surface area (Å²) in [6.07, 6.45) is 0.226. The van der Waals surface area contributed by atoms with Crippen LogP contribution < -0.4 is 15.0 Å². The molecule has 0 atom stereocenters. The Labute approximate surface area is 158 Å². The van der Waals surface area contributed by atoms with E-state index in [1.54, 1.807) is 25.2 Å². The van der Waals surface area contributed by atoms with Crippen LogP contribution in [-0.2, 0) is 16.1 Å². The smallest absolute Gasteiger partial charge is 0.264 e. The third-order valence-electron chi connectivity index (χ3n) is 4.56. The van der Waals surface area contributed by atoms with Gasteiger partial charge in [-0.2, -0.15) is 0 Å². The van der Waals surface area contributed by atoms with Crippen LogP contribution in [-0.4, -0.2) is 31.3 Å². The summed E-state index contributed by atoms with van der Waals surface area (Å²) >= 11 is 0. The van der Waals surface area contributed by atoms with E-state index in [1.807, 2.05) is 31.2 Å². The first-order chi connectivity index (χ1) is 12.9. The Balaban J connectivity index is 1.54. The number of hydrogen-bond donors (Lipinski definition) is 1. The lowest BCUT2D eigenvalue weighted by Crippen LogP contribution is -2.35. The average molecular weight is 366 g/mol. The molecule has 1 aliphatic rings. The molecule has 0 unspecified atom stereocenters. The third-order valence-corrected chi connectivity index (χ3v) is 4.56. The van der Waals surface area contributed by atoms with Gasteiger partial charge >= 0.3 is 0 Å². The maximum absolute atomic E-state index is 12.4. The summed E-state index contributed by atoms with van der Waals surface area (Å²) in [4.78, 5) is 37.6. The lowest BCUT2D eigenvalue weighted by molar-refractivity contribution is -0.121. The molecule has 0 radical (unpaired) electrons. The van der Waals surface area contributed by atoms with Crippen LogP contribution in [0.4, 0.5) is 5.69 Å². The summed E-state index contributed by atoms with van der Waals surface area (Å²) in [5.74, 6) is 0.0966. The molecule has 3 rings (SSSR count). The van der Waals surface area contributed by atoms with Gasteiger partial charge in [0.15, 0.2) is 12.4 Å². The molecule has 0 saturated heterocycles. The number of nitrogens with one attached hydrogen (secondary N) is 1. The normalized spacial score (nSPS) is 13.0. The van der Waals surface area contributed by atoms with E-state index in [-0.39, 0.29) is 37.0 Å². The Morgan fingerprint density at radius 1 is 1.11 bits per heavy atom. The number of Topliss-reactive ketones (excluding diaryl/α,β-unsaturated/α-hetero) is 1. The van der Waals surface area contributed by atoms with E-state index in [0.717, 1.165) is 5.56 Å². The molecule has 1 aliphatic heterocycles. The van der Waals surface area contributed by atoms with Crippen LogP contribution >= 0.6 is 0 Å². The second-order valence-electron chi connectivity index (χ2n) is 6.61. The highest BCUT2D eigenvalue weighted by Gasteiger charge is 2.23. The van der Waals surface area contributed by atoms with Crippen LogP contribution in [0.15, 0.2) is 42.5 Å². The molecular weight excluding hydrogens is 344 g/mol. The summed E-state index contributed by atoms with van der Waals surface area (Å²) in [6.45, 7) is 2.45. The average Bonchev–Trinajstić information content (AvgIpc) is 2.68. The SMILES string of the molecule is Cc1ccc(CNC(=O)CCC(=O)c2ccc3c(c2)N(C)C(=O)CO3)cc1. The van der Waals surface area contributed by atoms with E-state index >= 15 is 0 Å². The lowest BCUT2D eigenvalue weighted by atomic mass is 10.0. The summed E-state index contributed by atoms with van der Waals surface area (Å²) in [5.41, 5.74) is 3.22. The van der Waals surface area contributed by atoms with Crippen LogP contribution in [0.3, 0.4) is 0 Å². The minimum atomic E-state index is -0.169. The van der Waals surface area contributed by atoms with E-state index in [2.05, 4.69) is 5.32 Å². The zero-order valence-corrected chi connectivity index (χ0v) is 15.5. The highest BCUT2D eigenvalue weighted by atomic mass is 16.5. The molecule has 6 nitrogen and oxygen atoms in total. The van der Waals surface area contributed by atoms with Gasteiger partial charge in [0.2, 0.25) is 5.91 Å². The second-order valence-corrected chi connectivity index (χ2v) is 6.61. The van der Waals surface area contributed by atoms with Gasteiger partial charge in [0.1, 0.15) is 5.75 Å². The Kier molecular flexibility index (Phi) is 5.54. The second kappa shape index (κ2) is 8.03. The van der Waals surface area contributed by atoms with Crippen molar-refractivity contribution in [3.05, 3.63) is 59.2 Å². The molecule has 0 spiro atoms. The minimum Gasteiger partial charge on any atom is -0.482 e. The molecule has 2 aromatic carbocycles. The number of amides is 2. The number of hydrogen-bond acceptors (Lipinski definition) is 4. The van der Waals surface area contributed by atoms with Crippen LogP contribution in [0.2, 0.25) is 0 Å². The highest BCUT2D eigenvalue weighted by molar-refractivity contribution is 6.02. The van der Waals surface area contributed by atoms with Gasteiger partial charge in [-0.05, 0) is 30.7 Å². The van der Waals surface area contributed by atoms with Crippen molar-refractivity contribution in [1.29, 1.82) is 0 Å². The number of nitrogens with zero attached hydrogens (tertiary/aromatic N) is 1. The fourth-order valence-corrected chi connectivity index (χ4v) is 2.81. The number of ketones is 1. The minimum absolute atomic E-state index is 0.00204. The Hall–Kier alpha value is -3.15. The summed E-state index contributed by atoms with van der Waals surface area (Å²) in [7, 11) is 1.65. The lowest BCUT2D eigenvalue weighted by Gasteiger charge is -2.26. The van der Waals surface area contributed by atoms with Crippen molar-refractivity contribution in [1.82, 2.24) is 5.32 Å². The van der Waals surface area contributed by atoms with Crippen LogP contribution in [0.5, 0.6) is 5.75 Å². The first-order valence-electron chi connectivity index (χ1n) is 8.83. The van der Waals surface area contributed by atoms with Crippen LogP contribution in [0, 0.1) is 6.92 Å². The summed E-state index contributed by atoms with van der Waals surface area (Å²) in [5, 5.41) is 2.82. The molecule has 140 valence electrons. The summed E-state index contributed by atoms with van der Waals surface area (Å²) < 4.78 is 5.35. The molecule has 1 heterocycles. The van der Waals surface area contributed by atoms with E-state index < -0.39 is 0 Å². The van der Waals surface area contributed by atoms with Crippen molar-refractivity contribution in [3.8, 4) is 5.75 Å². The maximum Gasteiger partial charge on any atom is 0.264 e. The zero-order valence-electron chi connectivity index (χ0n) is 15.5. The van der Waals surface area contributed by atoms with E-state index in [1.165, 1.54) is 10.5 Å². The van der Waals surface area contributed by atoms with E-state index in [0.29, 0.717) is 23.5 Å². The van der Waals surface area contributed by atoms with Crippen molar-refractivity contribution < 1.29 is 19.1 Å². The standard InChI is InChI=1S/C21H22N2O4/c1-14-3-5-15(6-4-14)12-22-20(25)10-8-18(24)16-7-9-19-17(11-16)23(2)21(26)13-27-19/h3-7,9,11H,8,10,12-13H2,1-2H3,(H,22,25). The van der Waals surface area contributed by atoms with E-state index in [4.69, 9.17) is 4.74 Å². The number of carbonyl (C=O) groups excluding carboxylic acids is 3. The highest BCUT2D eigenvalue weighted by Crippen LogP contribution is 2.32. The Morgan fingerprint density at radius 2 is 1.85 bits per heavy atom. The molecule has 0 saturated carbocycles. The van der Waals surface area contributed by atoms with Crippen molar-refractivity contribution in [2.45, 2.75) is 26.3 Å². The quantitative estimate of drug-likeness (QED) is 0.798. The number of anilines is 1. The number of fused-ring (bicyclic) bond motifs is 1. The monoisotopic (exact) mass is 366 g/mol. The predicted molar refractivity (Wildman–Crippen MR) is 102 cm³/mol. The number of ether oxygens (including phenoxy) is 1. The number of aryl methyl sites for hydroxylation is 1. The van der Waals surface area contributed by atoms with Crippen molar-refractivity contribution in [3.63, 3.8) is 0 Å². The molecule has 0 aromatic heterocycles. The Bertz CT molecular complexity index is 874. The molecule has 0 bridgehead atoms. The number of carbonyl (C=O) groups is 3. The fourth-order valence-electron chi connectivity index (χ4n) is 2.81. The number of rotatable bonds is 6. The molecule has 0 fully saturated rings. The zero-order chi connectivity index (χ0) is 19.4. The van der Waals surface area contributed by atoms with Gasteiger partial charge in [-0.1, -0.05) is 29.8 Å². The topological polar surface area (TPSA) is 75.7 Å². The molecule has 27 heavy (non-hydrogen) atoms. The third kappa shape index (κ3) is 4.53. The van der Waals surface area contributed by atoms with E-state index in [9.17, 15) is 14.4 Å². The fraction of sp³-hybridized carbons (Fsp3) is 0.286. The van der Waals surface area contributed by atoms with Crippen LogP contribution in [0.25, 0.3) is 0 Å². The Morgan fingerprint density at radius 3 is 2.59 bits per heavy atom. The molecule has 2 amide bonds. The maximum atomic E-state index is 12.4. The van der Waals surface area contributed by atoms with Gasteiger partial charge < -0.3 is 15.0 Å². The molecule has 2 aromatic rings. The van der Waals surface area contributed by atoms with Gasteiger partial charge in [-0.25, -0.2) is 0 Å². The van der Waals surface area contributed by atoms with Gasteiger partial charge in [0, 0.05) is 32.0 Å². The van der Waals surface area contributed by atoms with Crippen molar-refractivity contribution >= 4 is 23.3 Å².